The van der Waals surface area contributed by atoms with E-state index in [0.717, 1.165) is 32.1 Å². The van der Waals surface area contributed by atoms with Gasteiger partial charge >= 0.3 is 5.97 Å². The number of likely N-dealkylation sites (tertiary alicyclic amines) is 1. The highest BCUT2D eigenvalue weighted by atomic mass is 16.6. The Morgan fingerprint density at radius 1 is 0.976 bits per heavy atom. The molecule has 0 aliphatic carbocycles. The van der Waals surface area contributed by atoms with E-state index in [2.05, 4.69) is 6.08 Å². The van der Waals surface area contributed by atoms with E-state index in [-0.39, 0.29) is 18.4 Å². The van der Waals surface area contributed by atoms with Crippen molar-refractivity contribution >= 4 is 23.5 Å². The maximum absolute atomic E-state index is 14.5. The van der Waals surface area contributed by atoms with E-state index in [1.165, 1.54) is 0 Å². The maximum atomic E-state index is 14.5. The number of unbranched alkanes of at least 4 members (excludes halogenated alkanes) is 3. The smallest absolute Gasteiger partial charge is 0.313 e. The Kier molecular flexibility index (Phi) is 8.85. The Morgan fingerprint density at radius 3 is 2.49 bits per heavy atom. The number of nitrogens with zero attached hydrogens (tertiary/aromatic N) is 2. The number of aliphatic hydroxyl groups is 1. The molecule has 2 amide bonds. The van der Waals surface area contributed by atoms with E-state index in [1.807, 2.05) is 37.3 Å². The van der Waals surface area contributed by atoms with Crippen molar-refractivity contribution in [1.29, 1.82) is 0 Å². The zero-order chi connectivity index (χ0) is 29.0. The van der Waals surface area contributed by atoms with Crippen LogP contribution in [0.4, 0.5) is 5.69 Å². The lowest BCUT2D eigenvalue weighted by Gasteiger charge is -2.38. The van der Waals surface area contributed by atoms with Crippen molar-refractivity contribution in [3.63, 3.8) is 0 Å². The van der Waals surface area contributed by atoms with Crippen LogP contribution in [0.5, 0.6) is 5.75 Å². The van der Waals surface area contributed by atoms with Gasteiger partial charge in [0.1, 0.15) is 28.9 Å². The average molecular weight is 567 g/mol. The molecule has 222 valence electrons. The molecule has 2 saturated heterocycles. The van der Waals surface area contributed by atoms with Gasteiger partial charge in [-0.3, -0.25) is 14.4 Å². The molecule has 1 spiro atoms. The standard InChI is InChI=1S/C32H42N2O7/c1-3-31-17-8-4-7-11-22-40-30(38)26(31)25-28(36)34(19-9-5-6-10-21-35)27-29(37)33(20-12-18-32(25,27)41-31)23-13-15-24(39-2)16-14-23/h8,12-18,25-27,35H,3-7,9-11,19-22H2,1-2H3/b17-8-/t25-,26+,27?,31-,32-/m0/s1. The summed E-state index contributed by atoms with van der Waals surface area (Å²) in [4.78, 5) is 46.0. The Morgan fingerprint density at radius 2 is 1.76 bits per heavy atom. The molecule has 2 fully saturated rings. The highest BCUT2D eigenvalue weighted by Crippen LogP contribution is 2.58. The number of fused-ring (bicyclic) bond motifs is 2. The van der Waals surface area contributed by atoms with Crippen LogP contribution in [0.2, 0.25) is 0 Å². The van der Waals surface area contributed by atoms with Gasteiger partial charge < -0.3 is 29.1 Å². The first kappa shape index (κ1) is 29.3. The van der Waals surface area contributed by atoms with Crippen molar-refractivity contribution in [2.45, 2.75) is 75.5 Å². The summed E-state index contributed by atoms with van der Waals surface area (Å²) in [6, 6.07) is 6.35. The number of anilines is 1. The second kappa shape index (κ2) is 12.4. The maximum Gasteiger partial charge on any atom is 0.313 e. The molecule has 1 unspecified atom stereocenters. The van der Waals surface area contributed by atoms with Crippen LogP contribution in [0.25, 0.3) is 0 Å². The number of hydrogen-bond donors (Lipinski definition) is 1. The molecule has 0 radical (unpaired) electrons. The Balaban J connectivity index is 1.58. The van der Waals surface area contributed by atoms with E-state index < -0.39 is 35.0 Å². The first-order valence-corrected chi connectivity index (χ1v) is 15.0. The van der Waals surface area contributed by atoms with Crippen LogP contribution in [-0.4, -0.2) is 78.4 Å². The third-order valence-electron chi connectivity index (χ3n) is 9.07. The first-order valence-electron chi connectivity index (χ1n) is 15.0. The van der Waals surface area contributed by atoms with E-state index in [4.69, 9.17) is 14.2 Å². The Labute approximate surface area is 242 Å². The molecule has 5 rings (SSSR count). The van der Waals surface area contributed by atoms with Gasteiger partial charge in [0.05, 0.1) is 19.6 Å². The van der Waals surface area contributed by atoms with Crippen LogP contribution in [0.1, 0.15) is 58.3 Å². The predicted molar refractivity (Wildman–Crippen MR) is 153 cm³/mol. The number of esters is 1. The van der Waals surface area contributed by atoms with Gasteiger partial charge in [-0.15, -0.1) is 0 Å². The number of cyclic esters (lactones) is 1. The Hall–Kier alpha value is -3.17. The number of aliphatic hydroxyl groups excluding tert-OH is 1. The van der Waals surface area contributed by atoms with Crippen LogP contribution < -0.4 is 9.64 Å². The molecule has 1 aromatic carbocycles. The summed E-state index contributed by atoms with van der Waals surface area (Å²) in [6.07, 6.45) is 13.7. The van der Waals surface area contributed by atoms with Gasteiger partial charge in [0.15, 0.2) is 0 Å². The molecular weight excluding hydrogens is 524 g/mol. The van der Waals surface area contributed by atoms with E-state index in [9.17, 15) is 19.5 Å². The SMILES string of the molecule is CC[C@]12/C=C\CCCCOC(=O)[C@H]1[C@H]1C(=O)N(CCCCCCO)C3C(=O)N(c4ccc(OC)cc4)CC=C[C@@]31O2. The minimum Gasteiger partial charge on any atom is -0.497 e. The third kappa shape index (κ3) is 5.18. The Bertz CT molecular complexity index is 1180. The molecule has 4 heterocycles. The topological polar surface area (TPSA) is 106 Å². The monoisotopic (exact) mass is 566 g/mol. The summed E-state index contributed by atoms with van der Waals surface area (Å²) in [6.45, 7) is 3.06. The number of hydrogen-bond acceptors (Lipinski definition) is 7. The molecule has 1 N–H and O–H groups in total. The summed E-state index contributed by atoms with van der Waals surface area (Å²) in [5.74, 6) is -1.97. The highest BCUT2D eigenvalue weighted by Gasteiger charge is 2.75. The zero-order valence-corrected chi connectivity index (χ0v) is 24.1. The number of rotatable bonds is 9. The number of ether oxygens (including phenoxy) is 3. The van der Waals surface area contributed by atoms with Gasteiger partial charge in [-0.05, 0) is 62.8 Å². The second-order valence-corrected chi connectivity index (χ2v) is 11.4. The second-order valence-electron chi connectivity index (χ2n) is 11.4. The summed E-state index contributed by atoms with van der Waals surface area (Å²) in [5.41, 5.74) is -1.67. The van der Waals surface area contributed by atoms with Gasteiger partial charge in [0.25, 0.3) is 5.91 Å². The van der Waals surface area contributed by atoms with Crippen molar-refractivity contribution in [1.82, 2.24) is 4.90 Å². The first-order chi connectivity index (χ1) is 19.9. The van der Waals surface area contributed by atoms with Crippen LogP contribution in [0, 0.1) is 11.8 Å². The van der Waals surface area contributed by atoms with Crippen molar-refractivity contribution in [2.75, 3.05) is 38.3 Å². The summed E-state index contributed by atoms with van der Waals surface area (Å²) in [5, 5.41) is 9.19. The van der Waals surface area contributed by atoms with Gasteiger partial charge in [-0.1, -0.05) is 44.1 Å². The molecule has 4 aliphatic heterocycles. The van der Waals surface area contributed by atoms with Crippen LogP contribution >= 0.6 is 0 Å². The van der Waals surface area contributed by atoms with Crippen molar-refractivity contribution < 1.29 is 33.7 Å². The summed E-state index contributed by atoms with van der Waals surface area (Å²) < 4.78 is 18.1. The van der Waals surface area contributed by atoms with Crippen molar-refractivity contribution in [2.24, 2.45) is 11.8 Å². The van der Waals surface area contributed by atoms with Gasteiger partial charge in [-0.25, -0.2) is 0 Å². The molecule has 41 heavy (non-hydrogen) atoms. The normalized spacial score (nSPS) is 32.2. The number of carbonyl (C=O) groups is 3. The lowest BCUT2D eigenvalue weighted by molar-refractivity contribution is -0.160. The molecule has 0 bridgehead atoms. The summed E-state index contributed by atoms with van der Waals surface area (Å²) in [7, 11) is 1.59. The lowest BCUT2D eigenvalue weighted by Crippen LogP contribution is -2.56. The third-order valence-corrected chi connectivity index (χ3v) is 9.07. The highest BCUT2D eigenvalue weighted by molar-refractivity contribution is 6.05. The van der Waals surface area contributed by atoms with Gasteiger partial charge in [0, 0.05) is 25.4 Å². The molecule has 0 aromatic heterocycles. The molecule has 0 saturated carbocycles. The number of methoxy groups -OCH3 is 1. The van der Waals surface area contributed by atoms with Gasteiger partial charge in [-0.2, -0.15) is 0 Å². The minimum absolute atomic E-state index is 0.126. The van der Waals surface area contributed by atoms with Crippen LogP contribution in [-0.2, 0) is 23.9 Å². The van der Waals surface area contributed by atoms with Crippen molar-refractivity contribution in [3.8, 4) is 5.75 Å². The average Bonchev–Trinajstić information content (AvgIpc) is 3.34. The molecule has 1 aromatic rings. The van der Waals surface area contributed by atoms with E-state index >= 15 is 0 Å². The quantitative estimate of drug-likeness (QED) is 0.275. The largest absolute Gasteiger partial charge is 0.497 e. The number of amides is 2. The van der Waals surface area contributed by atoms with Gasteiger partial charge in [0.2, 0.25) is 5.91 Å². The summed E-state index contributed by atoms with van der Waals surface area (Å²) >= 11 is 0. The minimum atomic E-state index is -1.31. The number of benzene rings is 1. The molecule has 9 heteroatoms. The lowest BCUT2D eigenvalue weighted by atomic mass is 9.73. The number of carbonyl (C=O) groups excluding carboxylic acids is 3. The molecule has 5 atom stereocenters. The zero-order valence-electron chi connectivity index (χ0n) is 24.1. The fraction of sp³-hybridized carbons (Fsp3) is 0.594. The fourth-order valence-corrected chi connectivity index (χ4v) is 7.02. The van der Waals surface area contributed by atoms with Crippen molar-refractivity contribution in [3.05, 3.63) is 48.6 Å². The van der Waals surface area contributed by atoms with Crippen LogP contribution in [0.3, 0.4) is 0 Å². The van der Waals surface area contributed by atoms with Crippen LogP contribution in [0.15, 0.2) is 48.6 Å². The van der Waals surface area contributed by atoms with E-state index in [1.54, 1.807) is 29.0 Å². The fourth-order valence-electron chi connectivity index (χ4n) is 7.02. The predicted octanol–water partition coefficient (Wildman–Crippen LogP) is 3.80. The molecule has 4 aliphatic rings. The molecular formula is C32H42N2O7. The number of allylic oxidation sites excluding steroid dienone is 1. The molecule has 9 nitrogen and oxygen atoms in total. The van der Waals surface area contributed by atoms with E-state index in [0.29, 0.717) is 50.4 Å².